The molecule has 8 heteroatoms. The van der Waals surface area contributed by atoms with Crippen molar-refractivity contribution >= 4 is 15.9 Å². The number of carbonyl (C=O) groups is 1. The molecule has 1 amide bonds. The molecule has 3 N–H and O–H groups in total. The Kier molecular flexibility index (Phi) is 8.78. The molecule has 0 aliphatic carbocycles. The average molecular weight is 343 g/mol. The van der Waals surface area contributed by atoms with Crippen LogP contribution in [0.3, 0.4) is 0 Å². The zero-order valence-corrected chi connectivity index (χ0v) is 14.4. The predicted molar refractivity (Wildman–Crippen MR) is 88.7 cm³/mol. The van der Waals surface area contributed by atoms with Crippen LogP contribution in [0, 0.1) is 6.92 Å². The highest BCUT2D eigenvalue weighted by molar-refractivity contribution is 7.89. The van der Waals surface area contributed by atoms with Crippen molar-refractivity contribution in [3.63, 3.8) is 0 Å². The minimum Gasteiger partial charge on any atom is -0.383 e. The number of carbonyl (C=O) groups excluding carboxylic acids is 1. The third kappa shape index (κ3) is 8.08. The Labute approximate surface area is 137 Å². The summed E-state index contributed by atoms with van der Waals surface area (Å²) in [7, 11) is -1.94. The van der Waals surface area contributed by atoms with Crippen LogP contribution in [0.5, 0.6) is 0 Å². The summed E-state index contributed by atoms with van der Waals surface area (Å²) in [5.74, 6) is -0.190. The van der Waals surface area contributed by atoms with Crippen molar-refractivity contribution < 1.29 is 17.9 Å². The summed E-state index contributed by atoms with van der Waals surface area (Å²) in [6, 6.07) is 6.56. The van der Waals surface area contributed by atoms with E-state index in [1.165, 1.54) is 0 Å². The van der Waals surface area contributed by atoms with Crippen LogP contribution >= 0.6 is 0 Å². The van der Waals surface area contributed by atoms with E-state index in [1.807, 2.05) is 6.92 Å². The summed E-state index contributed by atoms with van der Waals surface area (Å²) < 4.78 is 31.3. The maximum absolute atomic E-state index is 12.0. The highest BCUT2D eigenvalue weighted by Crippen LogP contribution is 2.09. The Balaban J connectivity index is 2.22. The van der Waals surface area contributed by atoms with Crippen molar-refractivity contribution in [1.82, 2.24) is 15.4 Å². The van der Waals surface area contributed by atoms with Crippen molar-refractivity contribution in [2.75, 3.05) is 39.9 Å². The number of hydrogen-bond donors (Lipinski definition) is 3. The fraction of sp³-hybridized carbons (Fsp3) is 0.533. The molecule has 0 aromatic heterocycles. The molecule has 1 aromatic rings. The average Bonchev–Trinajstić information content (AvgIpc) is 2.51. The molecule has 0 heterocycles. The van der Waals surface area contributed by atoms with Gasteiger partial charge < -0.3 is 15.4 Å². The first-order valence-electron chi connectivity index (χ1n) is 7.48. The molecule has 0 aliphatic heterocycles. The molecule has 0 spiro atoms. The van der Waals surface area contributed by atoms with Crippen LogP contribution in [0.4, 0.5) is 0 Å². The lowest BCUT2D eigenvalue weighted by Gasteiger charge is -2.08. The van der Waals surface area contributed by atoms with Gasteiger partial charge in [-0.15, -0.1) is 0 Å². The SMILES string of the molecule is COCCNCCNC(=O)CCNS(=O)(=O)c1ccc(C)cc1. The van der Waals surface area contributed by atoms with Gasteiger partial charge in [-0.25, -0.2) is 13.1 Å². The van der Waals surface area contributed by atoms with E-state index < -0.39 is 10.0 Å². The fourth-order valence-electron chi connectivity index (χ4n) is 1.78. The maximum Gasteiger partial charge on any atom is 0.240 e. The zero-order chi connectivity index (χ0) is 17.1. The van der Waals surface area contributed by atoms with Crippen LogP contribution in [0.25, 0.3) is 0 Å². The lowest BCUT2D eigenvalue weighted by atomic mass is 10.2. The first kappa shape index (κ1) is 19.6. The van der Waals surface area contributed by atoms with Crippen LogP contribution in [0.2, 0.25) is 0 Å². The van der Waals surface area contributed by atoms with Crippen LogP contribution in [0.15, 0.2) is 29.2 Å². The molecule has 7 nitrogen and oxygen atoms in total. The van der Waals surface area contributed by atoms with Gasteiger partial charge in [-0.05, 0) is 19.1 Å². The molecule has 0 radical (unpaired) electrons. The van der Waals surface area contributed by atoms with E-state index >= 15 is 0 Å². The summed E-state index contributed by atoms with van der Waals surface area (Å²) in [5.41, 5.74) is 0.988. The molecular weight excluding hydrogens is 318 g/mol. The van der Waals surface area contributed by atoms with Crippen LogP contribution in [0.1, 0.15) is 12.0 Å². The normalized spacial score (nSPS) is 11.4. The Hall–Kier alpha value is -1.48. The number of methoxy groups -OCH3 is 1. The van der Waals surface area contributed by atoms with E-state index in [9.17, 15) is 13.2 Å². The molecule has 0 fully saturated rings. The Morgan fingerprint density at radius 1 is 1.09 bits per heavy atom. The molecule has 0 saturated carbocycles. The third-order valence-electron chi connectivity index (χ3n) is 3.08. The number of hydrogen-bond acceptors (Lipinski definition) is 5. The minimum absolute atomic E-state index is 0.0686. The van der Waals surface area contributed by atoms with Gasteiger partial charge in [-0.2, -0.15) is 0 Å². The van der Waals surface area contributed by atoms with Gasteiger partial charge in [0.15, 0.2) is 0 Å². The van der Waals surface area contributed by atoms with Crippen molar-refractivity contribution in [3.8, 4) is 0 Å². The van der Waals surface area contributed by atoms with Gasteiger partial charge in [0.05, 0.1) is 11.5 Å². The number of rotatable bonds is 11. The van der Waals surface area contributed by atoms with Gasteiger partial charge in [0.1, 0.15) is 0 Å². The lowest BCUT2D eigenvalue weighted by Crippen LogP contribution is -2.35. The van der Waals surface area contributed by atoms with Crippen LogP contribution < -0.4 is 15.4 Å². The number of ether oxygens (including phenoxy) is 1. The van der Waals surface area contributed by atoms with Crippen molar-refractivity contribution in [3.05, 3.63) is 29.8 Å². The van der Waals surface area contributed by atoms with E-state index in [4.69, 9.17) is 4.74 Å². The summed E-state index contributed by atoms with van der Waals surface area (Å²) in [6.07, 6.45) is 0.100. The fourth-order valence-corrected chi connectivity index (χ4v) is 2.81. The molecule has 130 valence electrons. The third-order valence-corrected chi connectivity index (χ3v) is 4.56. The minimum atomic E-state index is -3.56. The molecule has 0 saturated heterocycles. The van der Waals surface area contributed by atoms with Gasteiger partial charge >= 0.3 is 0 Å². The Morgan fingerprint density at radius 2 is 1.78 bits per heavy atom. The summed E-state index contributed by atoms with van der Waals surface area (Å²) in [6.45, 7) is 4.44. The molecular formula is C15H25N3O4S. The molecule has 1 aromatic carbocycles. The standard InChI is InChI=1S/C15H25N3O4S/c1-13-3-5-14(6-4-13)23(20,21)18-8-7-15(19)17-10-9-16-11-12-22-2/h3-6,16,18H,7-12H2,1-2H3,(H,17,19). The van der Waals surface area contributed by atoms with Gasteiger partial charge in [-0.1, -0.05) is 17.7 Å². The lowest BCUT2D eigenvalue weighted by molar-refractivity contribution is -0.120. The molecule has 23 heavy (non-hydrogen) atoms. The zero-order valence-electron chi connectivity index (χ0n) is 13.6. The van der Waals surface area contributed by atoms with E-state index in [-0.39, 0.29) is 23.8 Å². The number of aryl methyl sites for hydroxylation is 1. The van der Waals surface area contributed by atoms with Crippen LogP contribution in [-0.2, 0) is 19.6 Å². The topological polar surface area (TPSA) is 96.5 Å². The first-order chi connectivity index (χ1) is 11.0. The maximum atomic E-state index is 12.0. The highest BCUT2D eigenvalue weighted by Gasteiger charge is 2.13. The van der Waals surface area contributed by atoms with Crippen molar-refractivity contribution in [2.24, 2.45) is 0 Å². The van der Waals surface area contributed by atoms with Gasteiger partial charge in [0.25, 0.3) is 0 Å². The van der Waals surface area contributed by atoms with E-state index in [0.717, 1.165) is 12.1 Å². The molecule has 0 bridgehead atoms. The van der Waals surface area contributed by atoms with Crippen molar-refractivity contribution in [1.29, 1.82) is 0 Å². The summed E-state index contributed by atoms with van der Waals surface area (Å²) in [5, 5.41) is 5.81. The molecule has 1 rings (SSSR count). The second kappa shape index (κ2) is 10.3. The largest absolute Gasteiger partial charge is 0.383 e. The monoisotopic (exact) mass is 343 g/mol. The van der Waals surface area contributed by atoms with Crippen molar-refractivity contribution in [2.45, 2.75) is 18.2 Å². The van der Waals surface area contributed by atoms with E-state index in [2.05, 4.69) is 15.4 Å². The van der Waals surface area contributed by atoms with Crippen LogP contribution in [-0.4, -0.2) is 54.2 Å². The first-order valence-corrected chi connectivity index (χ1v) is 8.96. The number of sulfonamides is 1. The van der Waals surface area contributed by atoms with E-state index in [1.54, 1.807) is 31.4 Å². The summed E-state index contributed by atoms with van der Waals surface area (Å²) in [4.78, 5) is 11.8. The Morgan fingerprint density at radius 3 is 2.43 bits per heavy atom. The smallest absolute Gasteiger partial charge is 0.240 e. The molecule has 0 atom stereocenters. The quantitative estimate of drug-likeness (QED) is 0.492. The van der Waals surface area contributed by atoms with Gasteiger partial charge in [-0.3, -0.25) is 4.79 Å². The second-order valence-electron chi connectivity index (χ2n) is 5.05. The highest BCUT2D eigenvalue weighted by atomic mass is 32.2. The molecule has 0 aliphatic rings. The summed E-state index contributed by atoms with van der Waals surface area (Å²) >= 11 is 0. The Bertz CT molecular complexity index is 573. The van der Waals surface area contributed by atoms with Gasteiger partial charge in [0.2, 0.25) is 15.9 Å². The second-order valence-corrected chi connectivity index (χ2v) is 6.82. The predicted octanol–water partition coefficient (Wildman–Crippen LogP) is 0.0156. The number of nitrogens with one attached hydrogen (secondary N) is 3. The molecule has 0 unspecified atom stereocenters. The number of amides is 1. The van der Waals surface area contributed by atoms with Gasteiger partial charge in [0, 0.05) is 39.7 Å². The van der Waals surface area contributed by atoms with E-state index in [0.29, 0.717) is 19.7 Å². The number of benzene rings is 1.